The molecule has 0 spiro atoms. The van der Waals surface area contributed by atoms with Crippen molar-refractivity contribution in [3.63, 3.8) is 0 Å². The van der Waals surface area contributed by atoms with Crippen molar-refractivity contribution in [2.24, 2.45) is 0 Å². The van der Waals surface area contributed by atoms with Crippen molar-refractivity contribution in [3.05, 3.63) is 0 Å². The molecule has 0 unspecified atom stereocenters. The molecule has 0 aliphatic rings. The van der Waals surface area contributed by atoms with Crippen LogP contribution in [0.4, 0.5) is 5.95 Å². The summed E-state index contributed by atoms with van der Waals surface area (Å²) in [5, 5.41) is 18.9. The fraction of sp³-hybridized carbons (Fsp3) is 0. The van der Waals surface area contributed by atoms with Crippen LogP contribution in [0.2, 0.25) is 0 Å². The van der Waals surface area contributed by atoms with Crippen LogP contribution in [0.1, 0.15) is 0 Å². The van der Waals surface area contributed by atoms with Gasteiger partial charge in [-0.3, -0.25) is 4.79 Å². The lowest BCUT2D eigenvalue weighted by Crippen LogP contribution is -1.84. The molecule has 0 saturated carbocycles. The SMILES string of the molecule is Nc1nn[nH]n1.O=CO. The second kappa shape index (κ2) is 4.50. The highest BCUT2D eigenvalue weighted by Crippen LogP contribution is 1.72. The molecule has 50 valence electrons. The maximum absolute atomic E-state index is 8.36. The summed E-state index contributed by atoms with van der Waals surface area (Å²) < 4.78 is 0. The van der Waals surface area contributed by atoms with Gasteiger partial charge in [0.1, 0.15) is 0 Å². The van der Waals surface area contributed by atoms with Crippen LogP contribution < -0.4 is 5.73 Å². The Morgan fingerprint density at radius 2 is 2.33 bits per heavy atom. The molecular weight excluding hydrogens is 126 g/mol. The zero-order valence-corrected chi connectivity index (χ0v) is 4.35. The monoisotopic (exact) mass is 131 g/mol. The summed E-state index contributed by atoms with van der Waals surface area (Å²) >= 11 is 0. The molecule has 0 atom stereocenters. The van der Waals surface area contributed by atoms with Gasteiger partial charge in [-0.15, -0.1) is 5.10 Å². The molecule has 1 aromatic rings. The van der Waals surface area contributed by atoms with E-state index >= 15 is 0 Å². The second-order valence-electron chi connectivity index (χ2n) is 0.875. The topological polar surface area (TPSA) is 118 Å². The number of tetrazole rings is 1. The highest BCUT2D eigenvalue weighted by molar-refractivity contribution is 5.32. The fourth-order valence-corrected chi connectivity index (χ4v) is 0.170. The molecular formula is C2H5N5O2. The first-order valence-corrected chi connectivity index (χ1v) is 1.88. The van der Waals surface area contributed by atoms with E-state index in [1.54, 1.807) is 0 Å². The Bertz CT molecular complexity index is 148. The third-order valence-corrected chi connectivity index (χ3v) is 0.362. The number of aromatic nitrogens is 4. The number of carboxylic acid groups (broad SMARTS) is 1. The second-order valence-corrected chi connectivity index (χ2v) is 0.875. The molecule has 0 fully saturated rings. The predicted octanol–water partition coefficient (Wildman–Crippen LogP) is -1.52. The number of H-pyrrole nitrogens is 1. The summed E-state index contributed by atoms with van der Waals surface area (Å²) in [7, 11) is 0. The van der Waals surface area contributed by atoms with Gasteiger partial charge in [0.05, 0.1) is 0 Å². The van der Waals surface area contributed by atoms with Crippen molar-refractivity contribution in [2.45, 2.75) is 0 Å². The highest BCUT2D eigenvalue weighted by Gasteiger charge is 1.78. The van der Waals surface area contributed by atoms with E-state index in [2.05, 4.69) is 20.6 Å². The summed E-state index contributed by atoms with van der Waals surface area (Å²) in [5.41, 5.74) is 4.96. The number of nitrogens with zero attached hydrogens (tertiary/aromatic N) is 3. The van der Waals surface area contributed by atoms with Gasteiger partial charge in [0.15, 0.2) is 0 Å². The Hall–Kier alpha value is -1.66. The van der Waals surface area contributed by atoms with Crippen molar-refractivity contribution in [2.75, 3.05) is 5.73 Å². The van der Waals surface area contributed by atoms with Gasteiger partial charge in [0.2, 0.25) is 0 Å². The molecule has 0 aliphatic heterocycles. The van der Waals surface area contributed by atoms with Gasteiger partial charge in [-0.1, -0.05) is 5.10 Å². The summed E-state index contributed by atoms with van der Waals surface area (Å²) in [4.78, 5) is 8.36. The van der Waals surface area contributed by atoms with Crippen LogP contribution in [0.3, 0.4) is 0 Å². The Balaban J connectivity index is 0.000000187. The Morgan fingerprint density at radius 3 is 2.44 bits per heavy atom. The van der Waals surface area contributed by atoms with Gasteiger partial charge < -0.3 is 10.8 Å². The quantitative estimate of drug-likeness (QED) is 0.368. The standard InChI is InChI=1S/CH3N5.CH2O2/c2-1-3-5-6-4-1;2-1-3/h(H3,2,3,4,5,6);1H,(H,2,3). The number of anilines is 1. The van der Waals surface area contributed by atoms with Gasteiger partial charge in [0, 0.05) is 0 Å². The zero-order valence-electron chi connectivity index (χ0n) is 4.35. The van der Waals surface area contributed by atoms with Crippen molar-refractivity contribution in [1.29, 1.82) is 0 Å². The van der Waals surface area contributed by atoms with E-state index in [1.165, 1.54) is 0 Å². The summed E-state index contributed by atoms with van der Waals surface area (Å²) in [6.45, 7) is -0.250. The minimum absolute atomic E-state index is 0.176. The van der Waals surface area contributed by atoms with Crippen molar-refractivity contribution >= 4 is 12.4 Å². The number of rotatable bonds is 0. The molecule has 0 aromatic carbocycles. The summed E-state index contributed by atoms with van der Waals surface area (Å²) in [6, 6.07) is 0. The van der Waals surface area contributed by atoms with Crippen LogP contribution in [0.5, 0.6) is 0 Å². The lowest BCUT2D eigenvalue weighted by Gasteiger charge is -1.62. The summed E-state index contributed by atoms with van der Waals surface area (Å²) in [6.07, 6.45) is 0. The zero-order chi connectivity index (χ0) is 7.11. The fourth-order valence-electron chi connectivity index (χ4n) is 0.170. The molecule has 7 heteroatoms. The minimum Gasteiger partial charge on any atom is -0.483 e. The number of nitrogen functional groups attached to an aromatic ring is 1. The molecule has 0 bridgehead atoms. The van der Waals surface area contributed by atoms with Crippen LogP contribution in [0, 0.1) is 0 Å². The first-order chi connectivity index (χ1) is 4.31. The Morgan fingerprint density at radius 1 is 1.78 bits per heavy atom. The number of aromatic amines is 1. The van der Waals surface area contributed by atoms with Crippen molar-refractivity contribution in [1.82, 2.24) is 20.6 Å². The first kappa shape index (κ1) is 7.34. The van der Waals surface area contributed by atoms with Crippen LogP contribution in [-0.4, -0.2) is 32.2 Å². The number of nitrogens with two attached hydrogens (primary N) is 1. The molecule has 0 amide bonds. The molecule has 0 radical (unpaired) electrons. The average Bonchev–Trinajstić information content (AvgIpc) is 2.20. The predicted molar refractivity (Wildman–Crippen MR) is 27.3 cm³/mol. The number of carbonyl (C=O) groups is 1. The molecule has 7 nitrogen and oxygen atoms in total. The van der Waals surface area contributed by atoms with Crippen LogP contribution in [-0.2, 0) is 4.79 Å². The number of hydrogen-bond acceptors (Lipinski definition) is 5. The third-order valence-electron chi connectivity index (χ3n) is 0.362. The Labute approximate surface area is 49.9 Å². The number of nitrogens with one attached hydrogen (secondary N) is 1. The molecule has 1 aromatic heterocycles. The molecule has 4 N–H and O–H groups in total. The molecule has 1 heterocycles. The lowest BCUT2D eigenvalue weighted by atomic mass is 11.2. The smallest absolute Gasteiger partial charge is 0.290 e. The molecule has 1 rings (SSSR count). The van der Waals surface area contributed by atoms with E-state index in [1.807, 2.05) is 0 Å². The maximum atomic E-state index is 8.36. The minimum atomic E-state index is -0.250. The van der Waals surface area contributed by atoms with Gasteiger partial charge >= 0.3 is 0 Å². The largest absolute Gasteiger partial charge is 0.483 e. The van der Waals surface area contributed by atoms with Crippen molar-refractivity contribution < 1.29 is 9.90 Å². The van der Waals surface area contributed by atoms with Gasteiger partial charge in [-0.05, 0) is 5.21 Å². The maximum Gasteiger partial charge on any atom is 0.290 e. The van der Waals surface area contributed by atoms with E-state index in [0.29, 0.717) is 0 Å². The molecule has 0 aliphatic carbocycles. The average molecular weight is 131 g/mol. The highest BCUT2D eigenvalue weighted by atomic mass is 16.3. The molecule has 9 heavy (non-hydrogen) atoms. The summed E-state index contributed by atoms with van der Waals surface area (Å²) in [5.74, 6) is 0.176. The lowest BCUT2D eigenvalue weighted by molar-refractivity contribution is -0.122. The number of hydrogen-bond donors (Lipinski definition) is 3. The van der Waals surface area contributed by atoms with Gasteiger partial charge in [-0.2, -0.15) is 5.21 Å². The van der Waals surface area contributed by atoms with Gasteiger partial charge in [0.25, 0.3) is 12.4 Å². The van der Waals surface area contributed by atoms with E-state index in [-0.39, 0.29) is 12.4 Å². The van der Waals surface area contributed by atoms with E-state index in [9.17, 15) is 0 Å². The third kappa shape index (κ3) is 4.19. The van der Waals surface area contributed by atoms with E-state index in [0.717, 1.165) is 0 Å². The van der Waals surface area contributed by atoms with Crippen LogP contribution >= 0.6 is 0 Å². The van der Waals surface area contributed by atoms with Crippen molar-refractivity contribution in [3.8, 4) is 0 Å². The Kier molecular flexibility index (Phi) is 3.67. The van der Waals surface area contributed by atoms with Gasteiger partial charge in [-0.25, -0.2) is 0 Å². The van der Waals surface area contributed by atoms with Crippen LogP contribution in [0.25, 0.3) is 0 Å². The first-order valence-electron chi connectivity index (χ1n) is 1.88. The normalized spacial score (nSPS) is 7.11. The van der Waals surface area contributed by atoms with E-state index < -0.39 is 0 Å². The van der Waals surface area contributed by atoms with E-state index in [4.69, 9.17) is 15.6 Å². The van der Waals surface area contributed by atoms with Crippen LogP contribution in [0.15, 0.2) is 0 Å². The molecule has 0 saturated heterocycles.